The molecule has 0 radical (unpaired) electrons. The summed E-state index contributed by atoms with van der Waals surface area (Å²) in [5.41, 5.74) is 3.18. The van der Waals surface area contributed by atoms with E-state index in [1.165, 1.54) is 17.7 Å². The minimum Gasteiger partial charge on any atom is -0.396 e. The van der Waals surface area contributed by atoms with Crippen LogP contribution in [0, 0.1) is 5.82 Å². The van der Waals surface area contributed by atoms with Gasteiger partial charge in [0.05, 0.1) is 18.9 Å². The van der Waals surface area contributed by atoms with E-state index in [4.69, 9.17) is 9.57 Å². The molecule has 1 aliphatic heterocycles. The molecular weight excluding hydrogens is 367 g/mol. The van der Waals surface area contributed by atoms with Gasteiger partial charge in [-0.1, -0.05) is 47.6 Å². The third-order valence-corrected chi connectivity index (χ3v) is 5.14. The topological polar surface area (TPSA) is 34.1 Å². The zero-order chi connectivity index (χ0) is 20.2. The summed E-state index contributed by atoms with van der Waals surface area (Å²) in [5.74, 6) is -0.233. The van der Waals surface area contributed by atoms with Crippen molar-refractivity contribution >= 4 is 5.71 Å². The van der Waals surface area contributed by atoms with Crippen LogP contribution in [0.15, 0.2) is 59.8 Å². The predicted octanol–water partition coefficient (Wildman–Crippen LogP) is 4.68. The molecule has 0 N–H and O–H groups in total. The van der Waals surface area contributed by atoms with Crippen molar-refractivity contribution in [1.82, 2.24) is 4.90 Å². The van der Waals surface area contributed by atoms with E-state index in [1.807, 2.05) is 6.07 Å². The Hall–Kier alpha value is -2.24. The Morgan fingerprint density at radius 2 is 1.72 bits per heavy atom. The predicted molar refractivity (Wildman–Crippen MR) is 115 cm³/mol. The van der Waals surface area contributed by atoms with Gasteiger partial charge in [0.2, 0.25) is 0 Å². The first-order chi connectivity index (χ1) is 14.3. The van der Waals surface area contributed by atoms with Gasteiger partial charge >= 0.3 is 0 Å². The molecule has 4 nitrogen and oxygen atoms in total. The van der Waals surface area contributed by atoms with Crippen molar-refractivity contribution < 1.29 is 14.0 Å². The van der Waals surface area contributed by atoms with Gasteiger partial charge in [-0.15, -0.1) is 0 Å². The SMILES string of the molecule is Fc1ccc(/C(CCCCc2ccccc2)=N/OCCCN2CCOCC2)cc1. The molecule has 1 saturated heterocycles. The zero-order valence-corrected chi connectivity index (χ0v) is 17.1. The normalized spacial score (nSPS) is 15.4. The van der Waals surface area contributed by atoms with E-state index in [0.29, 0.717) is 6.61 Å². The fourth-order valence-corrected chi connectivity index (χ4v) is 3.45. The summed E-state index contributed by atoms with van der Waals surface area (Å²) in [4.78, 5) is 8.01. The van der Waals surface area contributed by atoms with Crippen LogP contribution < -0.4 is 0 Å². The second-order valence-corrected chi connectivity index (χ2v) is 7.38. The Morgan fingerprint density at radius 3 is 2.48 bits per heavy atom. The van der Waals surface area contributed by atoms with E-state index in [0.717, 1.165) is 76.2 Å². The summed E-state index contributed by atoms with van der Waals surface area (Å²) in [7, 11) is 0. The lowest BCUT2D eigenvalue weighted by Crippen LogP contribution is -2.37. The Balaban J connectivity index is 1.46. The van der Waals surface area contributed by atoms with E-state index in [-0.39, 0.29) is 5.82 Å². The van der Waals surface area contributed by atoms with Gasteiger partial charge in [0.1, 0.15) is 12.4 Å². The molecular formula is C24H31FN2O2. The molecule has 0 aromatic heterocycles. The lowest BCUT2D eigenvalue weighted by molar-refractivity contribution is 0.0322. The number of hydrogen-bond acceptors (Lipinski definition) is 4. The fraction of sp³-hybridized carbons (Fsp3) is 0.458. The molecule has 156 valence electrons. The number of hydrogen-bond donors (Lipinski definition) is 0. The molecule has 1 fully saturated rings. The first kappa shape index (κ1) is 21.5. The standard InChI is InChI=1S/C24H31FN2O2/c25-23-13-11-22(12-14-23)24(10-5-4-9-21-7-2-1-3-8-21)26-29-18-6-15-27-16-19-28-20-17-27/h1-3,7-8,11-14H,4-6,9-10,15-20H2/b26-24+. The summed E-state index contributed by atoms with van der Waals surface area (Å²) in [6.07, 6.45) is 4.91. The van der Waals surface area contributed by atoms with Gasteiger partial charge in [-0.3, -0.25) is 4.90 Å². The Morgan fingerprint density at radius 1 is 0.966 bits per heavy atom. The van der Waals surface area contributed by atoms with E-state index < -0.39 is 0 Å². The van der Waals surface area contributed by atoms with E-state index in [2.05, 4.69) is 34.3 Å². The average molecular weight is 399 g/mol. The number of benzene rings is 2. The van der Waals surface area contributed by atoms with Crippen LogP contribution in [0.3, 0.4) is 0 Å². The molecule has 29 heavy (non-hydrogen) atoms. The van der Waals surface area contributed by atoms with Crippen molar-refractivity contribution in [1.29, 1.82) is 0 Å². The second-order valence-electron chi connectivity index (χ2n) is 7.38. The minimum absolute atomic E-state index is 0.233. The van der Waals surface area contributed by atoms with Gasteiger partial charge in [-0.05, 0) is 55.4 Å². The van der Waals surface area contributed by atoms with Crippen LogP contribution >= 0.6 is 0 Å². The minimum atomic E-state index is -0.233. The maximum atomic E-state index is 13.3. The van der Waals surface area contributed by atoms with Crippen LogP contribution in [-0.4, -0.2) is 50.1 Å². The second kappa shape index (κ2) is 12.3. The molecule has 0 bridgehead atoms. The molecule has 0 unspecified atom stereocenters. The highest BCUT2D eigenvalue weighted by Gasteiger charge is 2.10. The summed E-state index contributed by atoms with van der Waals surface area (Å²) in [6.45, 7) is 5.21. The first-order valence-corrected chi connectivity index (χ1v) is 10.6. The molecule has 0 spiro atoms. The van der Waals surface area contributed by atoms with E-state index in [9.17, 15) is 4.39 Å². The highest BCUT2D eigenvalue weighted by atomic mass is 19.1. The number of rotatable bonds is 11. The van der Waals surface area contributed by atoms with Crippen LogP contribution in [0.5, 0.6) is 0 Å². The third kappa shape index (κ3) is 7.95. The lowest BCUT2D eigenvalue weighted by atomic mass is 10.0. The number of nitrogens with zero attached hydrogens (tertiary/aromatic N) is 2. The quantitative estimate of drug-likeness (QED) is 0.313. The Bertz CT molecular complexity index is 728. The maximum Gasteiger partial charge on any atom is 0.123 e. The highest BCUT2D eigenvalue weighted by molar-refractivity contribution is 6.00. The van der Waals surface area contributed by atoms with Crippen molar-refractivity contribution in [2.24, 2.45) is 5.16 Å². The van der Waals surface area contributed by atoms with Crippen LogP contribution in [0.4, 0.5) is 4.39 Å². The van der Waals surface area contributed by atoms with Crippen LogP contribution in [-0.2, 0) is 16.0 Å². The number of aryl methyl sites for hydroxylation is 1. The number of halogens is 1. The van der Waals surface area contributed by atoms with Crippen molar-refractivity contribution in [3.63, 3.8) is 0 Å². The molecule has 1 heterocycles. The van der Waals surface area contributed by atoms with Gasteiger partial charge in [0.15, 0.2) is 0 Å². The Kier molecular flexibility index (Phi) is 9.14. The van der Waals surface area contributed by atoms with Gasteiger partial charge in [0, 0.05) is 19.6 Å². The summed E-state index contributed by atoms with van der Waals surface area (Å²) >= 11 is 0. The molecule has 5 heteroatoms. The molecule has 3 rings (SSSR count). The smallest absolute Gasteiger partial charge is 0.123 e. The van der Waals surface area contributed by atoms with Crippen molar-refractivity contribution in [3.05, 3.63) is 71.5 Å². The average Bonchev–Trinajstić information content (AvgIpc) is 2.77. The molecule has 2 aromatic carbocycles. The van der Waals surface area contributed by atoms with E-state index >= 15 is 0 Å². The summed E-state index contributed by atoms with van der Waals surface area (Å²) in [5, 5.41) is 4.40. The molecule has 1 aliphatic rings. The summed E-state index contributed by atoms with van der Waals surface area (Å²) < 4.78 is 18.7. The van der Waals surface area contributed by atoms with Crippen molar-refractivity contribution in [2.45, 2.75) is 32.1 Å². The molecule has 2 aromatic rings. The number of oxime groups is 1. The number of ether oxygens (including phenoxy) is 1. The number of morpholine rings is 1. The maximum absolute atomic E-state index is 13.3. The van der Waals surface area contributed by atoms with Crippen LogP contribution in [0.1, 0.15) is 36.8 Å². The van der Waals surface area contributed by atoms with Crippen LogP contribution in [0.2, 0.25) is 0 Å². The molecule has 0 saturated carbocycles. The van der Waals surface area contributed by atoms with Crippen molar-refractivity contribution in [2.75, 3.05) is 39.5 Å². The zero-order valence-electron chi connectivity index (χ0n) is 17.1. The van der Waals surface area contributed by atoms with E-state index in [1.54, 1.807) is 12.1 Å². The first-order valence-electron chi connectivity index (χ1n) is 10.6. The largest absolute Gasteiger partial charge is 0.396 e. The third-order valence-electron chi connectivity index (χ3n) is 5.14. The lowest BCUT2D eigenvalue weighted by Gasteiger charge is -2.26. The number of unbranched alkanes of at least 4 members (excludes halogenated alkanes) is 1. The Labute approximate surface area is 173 Å². The molecule has 0 aliphatic carbocycles. The highest BCUT2D eigenvalue weighted by Crippen LogP contribution is 2.13. The van der Waals surface area contributed by atoms with Crippen LogP contribution in [0.25, 0.3) is 0 Å². The molecule has 0 atom stereocenters. The van der Waals surface area contributed by atoms with Gasteiger partial charge in [-0.2, -0.15) is 0 Å². The van der Waals surface area contributed by atoms with Gasteiger partial charge < -0.3 is 9.57 Å². The van der Waals surface area contributed by atoms with Crippen molar-refractivity contribution in [3.8, 4) is 0 Å². The monoisotopic (exact) mass is 398 g/mol. The fourth-order valence-electron chi connectivity index (χ4n) is 3.45. The summed E-state index contributed by atoms with van der Waals surface area (Å²) in [6, 6.07) is 17.0. The molecule has 0 amide bonds. The van der Waals surface area contributed by atoms with Gasteiger partial charge in [0.25, 0.3) is 0 Å². The van der Waals surface area contributed by atoms with Gasteiger partial charge in [-0.25, -0.2) is 4.39 Å².